The molecule has 4 rings (SSSR count). The van der Waals surface area contributed by atoms with E-state index < -0.39 is 0 Å². The number of Topliss-reactive ketones (excluding diaryl/α,β-unsaturated/α-hetero) is 2. The Morgan fingerprint density at radius 3 is 2.52 bits per heavy atom. The third kappa shape index (κ3) is 2.28. The van der Waals surface area contributed by atoms with Crippen LogP contribution in [0.25, 0.3) is 0 Å². The van der Waals surface area contributed by atoms with E-state index in [4.69, 9.17) is 4.74 Å². The van der Waals surface area contributed by atoms with Gasteiger partial charge in [-0.05, 0) is 60.7 Å². The van der Waals surface area contributed by atoms with Crippen molar-refractivity contribution in [2.45, 2.75) is 65.2 Å². The van der Waals surface area contributed by atoms with E-state index in [0.29, 0.717) is 36.4 Å². The molecule has 4 heteroatoms. The predicted molar refractivity (Wildman–Crippen MR) is 92.6 cm³/mol. The zero-order valence-corrected chi connectivity index (χ0v) is 15.7. The Balaban J connectivity index is 1.66. The molecular formula is C21H30O4. The van der Waals surface area contributed by atoms with E-state index in [1.807, 2.05) is 0 Å². The number of carbonyl (C=O) groups excluding carboxylic acids is 3. The number of esters is 1. The highest BCUT2D eigenvalue weighted by atomic mass is 16.5. The van der Waals surface area contributed by atoms with Crippen molar-refractivity contribution in [2.75, 3.05) is 7.11 Å². The molecule has 25 heavy (non-hydrogen) atoms. The molecule has 0 unspecified atom stereocenters. The maximum absolute atomic E-state index is 13.0. The summed E-state index contributed by atoms with van der Waals surface area (Å²) in [7, 11) is 1.43. The molecule has 0 spiro atoms. The lowest BCUT2D eigenvalue weighted by molar-refractivity contribution is -0.158. The highest BCUT2D eigenvalue weighted by Crippen LogP contribution is 2.66. The lowest BCUT2D eigenvalue weighted by Gasteiger charge is -2.59. The molecule has 4 aliphatic carbocycles. The number of carbonyl (C=O) groups is 3. The van der Waals surface area contributed by atoms with Gasteiger partial charge in [-0.15, -0.1) is 0 Å². The molecule has 0 radical (unpaired) electrons. The van der Waals surface area contributed by atoms with Crippen molar-refractivity contribution < 1.29 is 19.1 Å². The Bertz CT molecular complexity index is 625. The van der Waals surface area contributed by atoms with E-state index >= 15 is 0 Å². The second-order valence-electron chi connectivity index (χ2n) is 9.56. The van der Waals surface area contributed by atoms with Gasteiger partial charge in [0.2, 0.25) is 0 Å². The number of ether oxygens (including phenoxy) is 1. The molecule has 4 aliphatic rings. The van der Waals surface area contributed by atoms with Gasteiger partial charge >= 0.3 is 5.97 Å². The van der Waals surface area contributed by atoms with Crippen LogP contribution in [0.1, 0.15) is 65.2 Å². The molecule has 0 amide bonds. The predicted octanol–water partition coefficient (Wildman–Crippen LogP) is 3.57. The molecular weight excluding hydrogens is 316 g/mol. The number of hydrogen-bond acceptors (Lipinski definition) is 4. The molecule has 4 nitrogen and oxygen atoms in total. The first-order valence-corrected chi connectivity index (χ1v) is 9.93. The first kappa shape index (κ1) is 17.2. The minimum absolute atomic E-state index is 0.00533. The largest absolute Gasteiger partial charge is 0.469 e. The molecule has 0 bridgehead atoms. The highest BCUT2D eigenvalue weighted by molar-refractivity contribution is 5.92. The van der Waals surface area contributed by atoms with Gasteiger partial charge in [-0.1, -0.05) is 13.8 Å². The van der Waals surface area contributed by atoms with Crippen molar-refractivity contribution in [3.63, 3.8) is 0 Å². The Morgan fingerprint density at radius 1 is 1.04 bits per heavy atom. The Kier molecular flexibility index (Phi) is 3.90. The van der Waals surface area contributed by atoms with E-state index in [-0.39, 0.29) is 34.4 Å². The Morgan fingerprint density at radius 2 is 1.80 bits per heavy atom. The summed E-state index contributed by atoms with van der Waals surface area (Å²) in [4.78, 5) is 37.2. The van der Waals surface area contributed by atoms with Crippen molar-refractivity contribution >= 4 is 17.5 Å². The summed E-state index contributed by atoms with van der Waals surface area (Å²) < 4.78 is 5.02. The maximum atomic E-state index is 13.0. The smallest absolute Gasteiger partial charge is 0.309 e. The average molecular weight is 346 g/mol. The van der Waals surface area contributed by atoms with Gasteiger partial charge in [0.25, 0.3) is 0 Å². The topological polar surface area (TPSA) is 60.4 Å². The van der Waals surface area contributed by atoms with Gasteiger partial charge in [-0.3, -0.25) is 14.4 Å². The number of ketones is 2. The van der Waals surface area contributed by atoms with Gasteiger partial charge in [0.1, 0.15) is 11.6 Å². The minimum Gasteiger partial charge on any atom is -0.469 e. The van der Waals surface area contributed by atoms with Crippen LogP contribution in [0.4, 0.5) is 0 Å². The average Bonchev–Trinajstić information content (AvgIpc) is 2.86. The van der Waals surface area contributed by atoms with Crippen molar-refractivity contribution in [3.05, 3.63) is 0 Å². The SMILES string of the molecule is COC(=O)[C@H]1CC(=O)[C@H]2[C@@H]3CC[C@@H]4CC(=O)CC[C@]4(C)[C@H]3CC[C@]12C. The number of methoxy groups -OCH3 is 1. The van der Waals surface area contributed by atoms with Crippen LogP contribution < -0.4 is 0 Å². The number of rotatable bonds is 1. The van der Waals surface area contributed by atoms with Crippen LogP contribution in [0.15, 0.2) is 0 Å². The molecule has 0 aromatic carbocycles. The van der Waals surface area contributed by atoms with Crippen molar-refractivity contribution in [1.29, 1.82) is 0 Å². The molecule has 4 saturated carbocycles. The van der Waals surface area contributed by atoms with Crippen LogP contribution in [0.5, 0.6) is 0 Å². The monoisotopic (exact) mass is 346 g/mol. The molecule has 0 heterocycles. The van der Waals surface area contributed by atoms with Crippen LogP contribution in [0.3, 0.4) is 0 Å². The van der Waals surface area contributed by atoms with Crippen LogP contribution in [-0.2, 0) is 19.1 Å². The van der Waals surface area contributed by atoms with Crippen molar-refractivity contribution in [2.24, 2.45) is 40.4 Å². The molecule has 7 atom stereocenters. The van der Waals surface area contributed by atoms with Crippen LogP contribution in [0, 0.1) is 40.4 Å². The second kappa shape index (κ2) is 5.65. The van der Waals surface area contributed by atoms with Crippen molar-refractivity contribution in [3.8, 4) is 0 Å². The lowest BCUT2D eigenvalue weighted by atomic mass is 9.44. The fourth-order valence-electron chi connectivity index (χ4n) is 7.33. The van der Waals surface area contributed by atoms with E-state index in [0.717, 1.165) is 38.5 Å². The van der Waals surface area contributed by atoms with Gasteiger partial charge in [-0.2, -0.15) is 0 Å². The summed E-state index contributed by atoms with van der Waals surface area (Å²) in [6.45, 7) is 4.53. The van der Waals surface area contributed by atoms with E-state index in [9.17, 15) is 14.4 Å². The quantitative estimate of drug-likeness (QED) is 0.681. The van der Waals surface area contributed by atoms with E-state index in [2.05, 4.69) is 13.8 Å². The standard InChI is InChI=1S/C21H30O4/c1-20-8-6-13(22)10-12(20)4-5-14-15(20)7-9-21(2)16(19(24)25-3)11-17(23)18(14)21/h12,14-16,18H,4-11H2,1-3H3/t12-,14-,15+,16-,18-,20+,21-/m1/s1. The maximum Gasteiger partial charge on any atom is 0.309 e. The third-order valence-electron chi connectivity index (χ3n) is 8.73. The summed E-state index contributed by atoms with van der Waals surface area (Å²) in [5, 5.41) is 0. The summed E-state index contributed by atoms with van der Waals surface area (Å²) in [6.07, 6.45) is 6.90. The molecule has 4 fully saturated rings. The van der Waals surface area contributed by atoms with Gasteiger partial charge in [0, 0.05) is 25.2 Å². The zero-order chi connectivity index (χ0) is 18.0. The summed E-state index contributed by atoms with van der Waals surface area (Å²) in [5.74, 6) is 1.63. The lowest BCUT2D eigenvalue weighted by Crippen LogP contribution is -2.54. The van der Waals surface area contributed by atoms with Gasteiger partial charge in [-0.25, -0.2) is 0 Å². The first-order valence-electron chi connectivity index (χ1n) is 9.93. The van der Waals surface area contributed by atoms with E-state index in [1.165, 1.54) is 7.11 Å². The molecule has 138 valence electrons. The first-order chi connectivity index (χ1) is 11.8. The fraction of sp³-hybridized carbons (Fsp3) is 0.857. The second-order valence-corrected chi connectivity index (χ2v) is 9.56. The van der Waals surface area contributed by atoms with Crippen molar-refractivity contribution in [1.82, 2.24) is 0 Å². The van der Waals surface area contributed by atoms with Gasteiger partial charge in [0.15, 0.2) is 0 Å². The summed E-state index contributed by atoms with van der Waals surface area (Å²) >= 11 is 0. The molecule has 0 aliphatic heterocycles. The minimum atomic E-state index is -0.269. The Hall–Kier alpha value is -1.19. The van der Waals surface area contributed by atoms with Crippen LogP contribution in [-0.4, -0.2) is 24.6 Å². The van der Waals surface area contributed by atoms with Gasteiger partial charge in [0.05, 0.1) is 13.0 Å². The Labute approximate surface area is 150 Å². The number of hydrogen-bond donors (Lipinski definition) is 0. The van der Waals surface area contributed by atoms with Crippen LogP contribution in [0.2, 0.25) is 0 Å². The number of fused-ring (bicyclic) bond motifs is 5. The van der Waals surface area contributed by atoms with E-state index in [1.54, 1.807) is 0 Å². The molecule has 0 aromatic heterocycles. The summed E-state index contributed by atoms with van der Waals surface area (Å²) in [6, 6.07) is 0. The highest BCUT2D eigenvalue weighted by Gasteiger charge is 2.64. The van der Waals surface area contributed by atoms with Crippen LogP contribution >= 0.6 is 0 Å². The molecule has 0 saturated heterocycles. The summed E-state index contributed by atoms with van der Waals surface area (Å²) in [5.41, 5.74) is -0.0409. The molecule has 0 aromatic rings. The normalized spacial score (nSPS) is 49.2. The molecule has 0 N–H and O–H groups in total. The zero-order valence-electron chi connectivity index (χ0n) is 15.7. The fourth-order valence-corrected chi connectivity index (χ4v) is 7.33. The van der Waals surface area contributed by atoms with Gasteiger partial charge < -0.3 is 4.74 Å². The third-order valence-corrected chi connectivity index (χ3v) is 8.73.